The molecule has 0 aromatic carbocycles. The van der Waals surface area contributed by atoms with E-state index in [-0.39, 0.29) is 11.5 Å². The molecule has 0 aliphatic heterocycles. The van der Waals surface area contributed by atoms with E-state index in [1.165, 1.54) is 10.8 Å². The zero-order valence-electron chi connectivity index (χ0n) is 9.22. The quantitative estimate of drug-likeness (QED) is 0.726. The lowest BCUT2D eigenvalue weighted by Gasteiger charge is -2.15. The number of nitriles is 1. The number of nitrogens with zero attached hydrogens (tertiary/aromatic N) is 2. The van der Waals surface area contributed by atoms with E-state index in [2.05, 4.69) is 4.98 Å². The van der Waals surface area contributed by atoms with Gasteiger partial charge < -0.3 is 5.11 Å². The number of hydrogen-bond acceptors (Lipinski definition) is 4. The number of H-pyrrole nitrogens is 1. The first-order valence-electron chi connectivity index (χ1n) is 5.53. The smallest absolute Gasteiger partial charge is 0.328 e. The van der Waals surface area contributed by atoms with Gasteiger partial charge in [-0.15, -0.1) is 0 Å². The molecule has 0 radical (unpaired) electrons. The van der Waals surface area contributed by atoms with Crippen molar-refractivity contribution in [2.45, 2.75) is 31.9 Å². The minimum Gasteiger partial charge on any atom is -0.393 e. The summed E-state index contributed by atoms with van der Waals surface area (Å²) in [5, 5.41) is 18.4. The predicted octanol–water partition coefficient (Wildman–Crippen LogP) is -0.431. The van der Waals surface area contributed by atoms with E-state index in [0.29, 0.717) is 6.54 Å². The maximum atomic E-state index is 11.5. The number of rotatable bonds is 2. The lowest BCUT2D eigenvalue weighted by molar-refractivity contribution is 0.122. The molecule has 0 amide bonds. The average molecular weight is 235 g/mol. The predicted molar refractivity (Wildman–Crippen MR) is 59.4 cm³/mol. The molecule has 1 aliphatic carbocycles. The standard InChI is InChI=1S/C11H13N3O3/c12-4-8-6-14(11(17)13-10(8)16)5-7-2-1-3-9(7)15/h6-7,9,15H,1-3,5H2,(H,13,16,17). The fourth-order valence-corrected chi connectivity index (χ4v) is 2.21. The molecule has 90 valence electrons. The molecule has 2 atom stereocenters. The Morgan fingerprint density at radius 2 is 2.29 bits per heavy atom. The van der Waals surface area contributed by atoms with Gasteiger partial charge in [-0.3, -0.25) is 14.3 Å². The summed E-state index contributed by atoms with van der Waals surface area (Å²) in [6, 6.07) is 1.73. The highest BCUT2D eigenvalue weighted by Gasteiger charge is 2.25. The number of hydrogen-bond donors (Lipinski definition) is 2. The Labute approximate surface area is 97.1 Å². The molecule has 6 nitrogen and oxygen atoms in total. The second-order valence-electron chi connectivity index (χ2n) is 4.32. The molecule has 1 aromatic rings. The van der Waals surface area contributed by atoms with Crippen LogP contribution in [-0.4, -0.2) is 20.8 Å². The summed E-state index contributed by atoms with van der Waals surface area (Å²) in [5.41, 5.74) is -1.29. The fraction of sp³-hybridized carbons (Fsp3) is 0.545. The summed E-state index contributed by atoms with van der Waals surface area (Å²) in [6.45, 7) is 0.339. The Morgan fingerprint density at radius 3 is 2.88 bits per heavy atom. The van der Waals surface area contributed by atoms with Gasteiger partial charge in [-0.25, -0.2) is 4.79 Å². The van der Waals surface area contributed by atoms with Crippen LogP contribution < -0.4 is 11.2 Å². The van der Waals surface area contributed by atoms with Gasteiger partial charge in [0.05, 0.1) is 6.10 Å². The van der Waals surface area contributed by atoms with Gasteiger partial charge in [0.2, 0.25) is 0 Å². The molecule has 1 fully saturated rings. The minimum atomic E-state index is -0.666. The van der Waals surface area contributed by atoms with Gasteiger partial charge in [-0.1, -0.05) is 6.42 Å². The molecular formula is C11H13N3O3. The second-order valence-corrected chi connectivity index (χ2v) is 4.32. The van der Waals surface area contributed by atoms with Crippen molar-refractivity contribution >= 4 is 0 Å². The lowest BCUT2D eigenvalue weighted by Crippen LogP contribution is -2.34. The fourth-order valence-electron chi connectivity index (χ4n) is 2.21. The summed E-state index contributed by atoms with van der Waals surface area (Å²) < 4.78 is 1.29. The van der Waals surface area contributed by atoms with Crippen molar-refractivity contribution in [3.8, 4) is 6.07 Å². The Morgan fingerprint density at radius 1 is 1.53 bits per heavy atom. The molecular weight excluding hydrogens is 222 g/mol. The first-order chi connectivity index (χ1) is 8.11. The Hall–Kier alpha value is -1.87. The molecule has 1 heterocycles. The van der Waals surface area contributed by atoms with Crippen LogP contribution in [0.3, 0.4) is 0 Å². The van der Waals surface area contributed by atoms with Crippen LogP contribution in [0.1, 0.15) is 24.8 Å². The zero-order chi connectivity index (χ0) is 12.4. The van der Waals surface area contributed by atoms with Gasteiger partial charge in [-0.2, -0.15) is 5.26 Å². The van der Waals surface area contributed by atoms with Gasteiger partial charge in [-0.05, 0) is 12.8 Å². The Kier molecular flexibility index (Phi) is 3.11. The first-order valence-corrected chi connectivity index (χ1v) is 5.53. The summed E-state index contributed by atoms with van der Waals surface area (Å²) in [6.07, 6.45) is 3.39. The number of aromatic amines is 1. The maximum Gasteiger partial charge on any atom is 0.328 e. The second kappa shape index (κ2) is 4.55. The molecule has 2 rings (SSSR count). The molecule has 17 heavy (non-hydrogen) atoms. The van der Waals surface area contributed by atoms with E-state index < -0.39 is 17.4 Å². The largest absolute Gasteiger partial charge is 0.393 e. The van der Waals surface area contributed by atoms with Crippen molar-refractivity contribution in [1.82, 2.24) is 9.55 Å². The first kappa shape index (κ1) is 11.6. The van der Waals surface area contributed by atoms with Crippen LogP contribution in [0.4, 0.5) is 0 Å². The minimum absolute atomic E-state index is 0.0187. The van der Waals surface area contributed by atoms with Crippen LogP contribution in [-0.2, 0) is 6.54 Å². The van der Waals surface area contributed by atoms with E-state index in [0.717, 1.165) is 19.3 Å². The van der Waals surface area contributed by atoms with E-state index in [4.69, 9.17) is 5.26 Å². The van der Waals surface area contributed by atoms with Gasteiger partial charge in [0.25, 0.3) is 5.56 Å². The van der Waals surface area contributed by atoms with Crippen molar-refractivity contribution in [2.75, 3.05) is 0 Å². The number of aromatic nitrogens is 2. The van der Waals surface area contributed by atoms with Crippen molar-refractivity contribution in [2.24, 2.45) is 5.92 Å². The van der Waals surface area contributed by atoms with E-state index >= 15 is 0 Å². The summed E-state index contributed by atoms with van der Waals surface area (Å²) in [5.74, 6) is 0.0187. The van der Waals surface area contributed by atoms with Gasteiger partial charge in [0.1, 0.15) is 11.6 Å². The van der Waals surface area contributed by atoms with Crippen LogP contribution in [0.5, 0.6) is 0 Å². The average Bonchev–Trinajstić information content (AvgIpc) is 2.68. The van der Waals surface area contributed by atoms with Crippen LogP contribution in [0.25, 0.3) is 0 Å². The highest BCUT2D eigenvalue weighted by atomic mass is 16.3. The van der Waals surface area contributed by atoms with Crippen molar-refractivity contribution in [3.05, 3.63) is 32.6 Å². The monoisotopic (exact) mass is 235 g/mol. The van der Waals surface area contributed by atoms with Crippen molar-refractivity contribution in [1.29, 1.82) is 5.26 Å². The Balaban J connectivity index is 2.30. The molecule has 0 spiro atoms. The summed E-state index contributed by atoms with van der Waals surface area (Å²) in [7, 11) is 0. The van der Waals surface area contributed by atoms with Crippen LogP contribution in [0.2, 0.25) is 0 Å². The number of nitrogens with one attached hydrogen (secondary N) is 1. The third-order valence-corrected chi connectivity index (χ3v) is 3.18. The van der Waals surface area contributed by atoms with Crippen molar-refractivity contribution < 1.29 is 5.11 Å². The highest BCUT2D eigenvalue weighted by molar-refractivity contribution is 5.21. The van der Waals surface area contributed by atoms with Crippen LogP contribution >= 0.6 is 0 Å². The molecule has 1 aliphatic rings. The molecule has 1 saturated carbocycles. The van der Waals surface area contributed by atoms with E-state index in [9.17, 15) is 14.7 Å². The lowest BCUT2D eigenvalue weighted by atomic mass is 10.1. The van der Waals surface area contributed by atoms with Crippen LogP contribution in [0.15, 0.2) is 15.8 Å². The third-order valence-electron chi connectivity index (χ3n) is 3.18. The highest BCUT2D eigenvalue weighted by Crippen LogP contribution is 2.26. The molecule has 2 N–H and O–H groups in total. The molecule has 0 saturated heterocycles. The SMILES string of the molecule is N#Cc1cn(CC2CCCC2O)c(=O)[nH]c1=O. The molecule has 1 aromatic heterocycles. The zero-order valence-corrected chi connectivity index (χ0v) is 9.22. The van der Waals surface area contributed by atoms with Gasteiger partial charge in [0, 0.05) is 18.7 Å². The number of aliphatic hydroxyl groups is 1. The van der Waals surface area contributed by atoms with E-state index in [1.54, 1.807) is 6.07 Å². The van der Waals surface area contributed by atoms with Gasteiger partial charge >= 0.3 is 5.69 Å². The van der Waals surface area contributed by atoms with Crippen LogP contribution in [0, 0.1) is 17.2 Å². The van der Waals surface area contributed by atoms with Gasteiger partial charge in [0.15, 0.2) is 0 Å². The summed E-state index contributed by atoms with van der Waals surface area (Å²) in [4.78, 5) is 24.8. The summed E-state index contributed by atoms with van der Waals surface area (Å²) >= 11 is 0. The molecule has 0 bridgehead atoms. The normalized spacial score (nSPS) is 23.5. The van der Waals surface area contributed by atoms with Crippen molar-refractivity contribution in [3.63, 3.8) is 0 Å². The molecule has 2 unspecified atom stereocenters. The third kappa shape index (κ3) is 2.29. The molecule has 6 heteroatoms. The topological polar surface area (TPSA) is 98.9 Å². The van der Waals surface area contributed by atoms with E-state index in [1.807, 2.05) is 0 Å². The Bertz CT molecular complexity index is 567. The number of aliphatic hydroxyl groups excluding tert-OH is 1. The maximum absolute atomic E-state index is 11.5.